The van der Waals surface area contributed by atoms with Crippen molar-refractivity contribution in [3.63, 3.8) is 0 Å². The summed E-state index contributed by atoms with van der Waals surface area (Å²) in [7, 11) is 0. The molecule has 2 N–H and O–H groups in total. The highest BCUT2D eigenvalue weighted by atomic mass is 16.4. The highest BCUT2D eigenvalue weighted by molar-refractivity contribution is 5.97. The summed E-state index contributed by atoms with van der Waals surface area (Å²) in [6, 6.07) is 7.15. The molecule has 2 rings (SSSR count). The maximum Gasteiger partial charge on any atom is 0.308 e. The maximum absolute atomic E-state index is 12.3. The molecule has 2 unspecified atom stereocenters. The van der Waals surface area contributed by atoms with Gasteiger partial charge in [-0.05, 0) is 38.3 Å². The molecule has 0 aromatic heterocycles. The predicted octanol–water partition coefficient (Wildman–Crippen LogP) is 1.44. The van der Waals surface area contributed by atoms with E-state index in [1.54, 1.807) is 17.0 Å². The van der Waals surface area contributed by atoms with Gasteiger partial charge in [0, 0.05) is 18.2 Å². The minimum atomic E-state index is -0.876. The van der Waals surface area contributed by atoms with E-state index in [2.05, 4.69) is 5.32 Å². The molecule has 1 aromatic carbocycles. The Labute approximate surface area is 135 Å². The summed E-state index contributed by atoms with van der Waals surface area (Å²) in [5.74, 6) is -1.94. The third kappa shape index (κ3) is 4.09. The molecule has 2 amide bonds. The Morgan fingerprint density at radius 3 is 2.61 bits per heavy atom. The van der Waals surface area contributed by atoms with Crippen LogP contribution in [-0.4, -0.2) is 46.9 Å². The van der Waals surface area contributed by atoms with E-state index in [-0.39, 0.29) is 30.9 Å². The van der Waals surface area contributed by atoms with Gasteiger partial charge in [0.25, 0.3) is 5.91 Å². The highest BCUT2D eigenvalue weighted by Crippen LogP contribution is 2.22. The molecule has 1 aromatic rings. The minimum Gasteiger partial charge on any atom is -0.481 e. The number of rotatable bonds is 4. The lowest BCUT2D eigenvalue weighted by molar-refractivity contribution is -0.146. The number of carboxylic acids is 1. The van der Waals surface area contributed by atoms with Crippen LogP contribution in [0.1, 0.15) is 35.7 Å². The van der Waals surface area contributed by atoms with Gasteiger partial charge < -0.3 is 15.3 Å². The number of carbonyl (C=O) groups is 3. The zero-order valence-corrected chi connectivity index (χ0v) is 13.4. The van der Waals surface area contributed by atoms with Crippen LogP contribution in [-0.2, 0) is 9.59 Å². The van der Waals surface area contributed by atoms with E-state index in [0.29, 0.717) is 18.4 Å². The number of carbonyl (C=O) groups excluding carboxylic acids is 2. The number of piperidine rings is 1. The normalized spacial score (nSPS) is 20.9. The van der Waals surface area contributed by atoms with Crippen LogP contribution in [0.15, 0.2) is 24.3 Å². The molecular weight excluding hydrogens is 296 g/mol. The molecule has 0 radical (unpaired) electrons. The summed E-state index contributed by atoms with van der Waals surface area (Å²) in [6.45, 7) is 3.82. The fraction of sp³-hybridized carbons (Fsp3) is 0.471. The first-order chi connectivity index (χ1) is 10.9. The zero-order chi connectivity index (χ0) is 17.0. The van der Waals surface area contributed by atoms with Gasteiger partial charge in [-0.1, -0.05) is 18.2 Å². The average Bonchev–Trinajstić information content (AvgIpc) is 2.53. The monoisotopic (exact) mass is 318 g/mol. The summed E-state index contributed by atoms with van der Waals surface area (Å²) in [6.07, 6.45) is 1.24. The Kier molecular flexibility index (Phi) is 5.36. The second-order valence-electron chi connectivity index (χ2n) is 6.01. The van der Waals surface area contributed by atoms with Crippen molar-refractivity contribution < 1.29 is 19.5 Å². The maximum atomic E-state index is 12.3. The van der Waals surface area contributed by atoms with Gasteiger partial charge in [0.1, 0.15) is 0 Å². The van der Waals surface area contributed by atoms with Gasteiger partial charge in [-0.2, -0.15) is 0 Å². The van der Waals surface area contributed by atoms with Crippen molar-refractivity contribution in [2.45, 2.75) is 32.7 Å². The molecule has 23 heavy (non-hydrogen) atoms. The van der Waals surface area contributed by atoms with Crippen molar-refractivity contribution in [2.75, 3.05) is 13.1 Å². The van der Waals surface area contributed by atoms with Gasteiger partial charge >= 0.3 is 5.97 Å². The van der Waals surface area contributed by atoms with E-state index in [4.69, 9.17) is 5.11 Å². The standard InChI is InChI=1S/C17H22N2O4/c1-11-5-3-4-6-14(11)16(21)18-9-15(20)19-10-13(17(22)23)8-7-12(19)2/h3-6,12-13H,7-10H2,1-2H3,(H,18,21)(H,22,23). The summed E-state index contributed by atoms with van der Waals surface area (Å²) in [5.41, 5.74) is 1.38. The smallest absolute Gasteiger partial charge is 0.308 e. The van der Waals surface area contributed by atoms with Crippen molar-refractivity contribution in [1.29, 1.82) is 0 Å². The summed E-state index contributed by atoms with van der Waals surface area (Å²) >= 11 is 0. The lowest BCUT2D eigenvalue weighted by Gasteiger charge is -2.36. The molecule has 0 spiro atoms. The molecule has 0 aliphatic carbocycles. The van der Waals surface area contributed by atoms with Crippen LogP contribution in [0.4, 0.5) is 0 Å². The van der Waals surface area contributed by atoms with Crippen molar-refractivity contribution in [2.24, 2.45) is 5.92 Å². The van der Waals surface area contributed by atoms with Crippen LogP contribution >= 0.6 is 0 Å². The van der Waals surface area contributed by atoms with Gasteiger partial charge in [-0.25, -0.2) is 0 Å². The van der Waals surface area contributed by atoms with Crippen LogP contribution in [0.3, 0.4) is 0 Å². The van der Waals surface area contributed by atoms with E-state index in [1.807, 2.05) is 26.0 Å². The number of benzene rings is 1. The summed E-state index contributed by atoms with van der Waals surface area (Å²) < 4.78 is 0. The first kappa shape index (κ1) is 17.0. The van der Waals surface area contributed by atoms with E-state index >= 15 is 0 Å². The van der Waals surface area contributed by atoms with E-state index in [0.717, 1.165) is 5.56 Å². The van der Waals surface area contributed by atoms with E-state index < -0.39 is 11.9 Å². The average molecular weight is 318 g/mol. The van der Waals surface area contributed by atoms with Crippen molar-refractivity contribution >= 4 is 17.8 Å². The fourth-order valence-electron chi connectivity index (χ4n) is 2.84. The molecule has 124 valence electrons. The molecule has 0 bridgehead atoms. The Hall–Kier alpha value is -2.37. The minimum absolute atomic E-state index is 0.00605. The number of amides is 2. The number of aryl methyl sites for hydroxylation is 1. The number of likely N-dealkylation sites (tertiary alicyclic amines) is 1. The third-order valence-corrected chi connectivity index (χ3v) is 4.34. The second-order valence-corrected chi connectivity index (χ2v) is 6.01. The molecule has 1 aliphatic heterocycles. The van der Waals surface area contributed by atoms with Crippen LogP contribution in [0, 0.1) is 12.8 Å². The Morgan fingerprint density at radius 2 is 1.96 bits per heavy atom. The fourth-order valence-corrected chi connectivity index (χ4v) is 2.84. The molecule has 1 fully saturated rings. The molecule has 1 heterocycles. The van der Waals surface area contributed by atoms with Gasteiger partial charge in [0.15, 0.2) is 0 Å². The third-order valence-electron chi connectivity index (χ3n) is 4.34. The summed E-state index contributed by atoms with van der Waals surface area (Å²) in [5, 5.41) is 11.7. The molecule has 6 nitrogen and oxygen atoms in total. The van der Waals surface area contributed by atoms with Crippen molar-refractivity contribution in [1.82, 2.24) is 10.2 Å². The van der Waals surface area contributed by atoms with Gasteiger partial charge in [-0.15, -0.1) is 0 Å². The van der Waals surface area contributed by atoms with Crippen molar-refractivity contribution in [3.05, 3.63) is 35.4 Å². The topological polar surface area (TPSA) is 86.7 Å². The number of nitrogens with one attached hydrogen (secondary N) is 1. The van der Waals surface area contributed by atoms with Gasteiger partial charge in [0.05, 0.1) is 12.5 Å². The quantitative estimate of drug-likeness (QED) is 0.879. The number of hydrogen-bond donors (Lipinski definition) is 2. The Bertz CT molecular complexity index is 614. The Balaban J connectivity index is 1.94. The highest BCUT2D eigenvalue weighted by Gasteiger charge is 2.32. The van der Waals surface area contributed by atoms with Crippen LogP contribution in [0.2, 0.25) is 0 Å². The molecule has 1 aliphatic rings. The lowest BCUT2D eigenvalue weighted by atomic mass is 9.93. The van der Waals surface area contributed by atoms with E-state index in [1.165, 1.54) is 0 Å². The first-order valence-electron chi connectivity index (χ1n) is 7.76. The number of carboxylic acid groups (broad SMARTS) is 1. The SMILES string of the molecule is Cc1ccccc1C(=O)NCC(=O)N1CC(C(=O)O)CCC1C. The van der Waals surface area contributed by atoms with Crippen LogP contribution in [0.25, 0.3) is 0 Å². The second kappa shape index (κ2) is 7.26. The van der Waals surface area contributed by atoms with Gasteiger partial charge in [-0.3, -0.25) is 14.4 Å². The number of aliphatic carboxylic acids is 1. The van der Waals surface area contributed by atoms with Crippen LogP contribution < -0.4 is 5.32 Å². The largest absolute Gasteiger partial charge is 0.481 e. The predicted molar refractivity (Wildman–Crippen MR) is 85.0 cm³/mol. The molecule has 0 saturated carbocycles. The molecule has 6 heteroatoms. The summed E-state index contributed by atoms with van der Waals surface area (Å²) in [4.78, 5) is 37.1. The number of nitrogens with zero attached hydrogens (tertiary/aromatic N) is 1. The van der Waals surface area contributed by atoms with Gasteiger partial charge in [0.2, 0.25) is 5.91 Å². The zero-order valence-electron chi connectivity index (χ0n) is 13.4. The first-order valence-corrected chi connectivity index (χ1v) is 7.76. The van der Waals surface area contributed by atoms with E-state index in [9.17, 15) is 14.4 Å². The van der Waals surface area contributed by atoms with Crippen LogP contribution in [0.5, 0.6) is 0 Å². The Morgan fingerprint density at radius 1 is 1.26 bits per heavy atom. The molecule has 1 saturated heterocycles. The lowest BCUT2D eigenvalue weighted by Crippen LogP contribution is -2.50. The van der Waals surface area contributed by atoms with Crippen molar-refractivity contribution in [3.8, 4) is 0 Å². The molecule has 2 atom stereocenters. The number of hydrogen-bond acceptors (Lipinski definition) is 3. The molecular formula is C17H22N2O4.